The molecule has 0 heterocycles. The summed E-state index contributed by atoms with van der Waals surface area (Å²) in [5.74, 6) is 0.696. The standard InChI is InChI=1S/C28H25BrN4O5/c1-2-37-26-15-20(14-24(29)28(26)38-18-19-10-12-22(13-11-19)33(35)36)16-31-32-27(34)17-30-25-9-5-7-21-6-3-4-8-23(21)25/h3-16,30H,2,17-18H2,1H3,(H,32,34)/b31-16-. The Balaban J connectivity index is 1.37. The van der Waals surface area contributed by atoms with Crippen molar-refractivity contribution in [2.75, 3.05) is 18.5 Å². The highest BCUT2D eigenvalue weighted by molar-refractivity contribution is 9.10. The van der Waals surface area contributed by atoms with Crippen LogP contribution in [0.15, 0.2) is 88.4 Å². The lowest BCUT2D eigenvalue weighted by atomic mass is 10.1. The number of ether oxygens (including phenoxy) is 2. The predicted octanol–water partition coefficient (Wildman–Crippen LogP) is 6.05. The van der Waals surface area contributed by atoms with Crippen molar-refractivity contribution in [2.24, 2.45) is 5.10 Å². The minimum absolute atomic E-state index is 0.0185. The van der Waals surface area contributed by atoms with Gasteiger partial charge in [0.15, 0.2) is 11.5 Å². The molecule has 0 aliphatic carbocycles. The van der Waals surface area contributed by atoms with Gasteiger partial charge in [-0.3, -0.25) is 14.9 Å². The Morgan fingerprint density at radius 1 is 1.05 bits per heavy atom. The van der Waals surface area contributed by atoms with Crippen LogP contribution in [0.3, 0.4) is 0 Å². The van der Waals surface area contributed by atoms with E-state index >= 15 is 0 Å². The average Bonchev–Trinajstić information content (AvgIpc) is 2.92. The van der Waals surface area contributed by atoms with E-state index < -0.39 is 4.92 Å². The van der Waals surface area contributed by atoms with E-state index in [0.29, 0.717) is 28.1 Å². The molecule has 0 saturated carbocycles. The van der Waals surface area contributed by atoms with E-state index in [0.717, 1.165) is 22.0 Å². The van der Waals surface area contributed by atoms with Gasteiger partial charge in [0.25, 0.3) is 11.6 Å². The third-order valence-corrected chi connectivity index (χ3v) is 6.08. The van der Waals surface area contributed by atoms with E-state index in [1.807, 2.05) is 49.4 Å². The van der Waals surface area contributed by atoms with E-state index in [1.165, 1.54) is 18.3 Å². The van der Waals surface area contributed by atoms with Crippen LogP contribution in [0.2, 0.25) is 0 Å². The lowest BCUT2D eigenvalue weighted by Crippen LogP contribution is -2.25. The van der Waals surface area contributed by atoms with Crippen LogP contribution in [0.5, 0.6) is 11.5 Å². The molecule has 0 fully saturated rings. The summed E-state index contributed by atoms with van der Waals surface area (Å²) in [6.07, 6.45) is 1.52. The van der Waals surface area contributed by atoms with Crippen LogP contribution in [0, 0.1) is 10.1 Å². The largest absolute Gasteiger partial charge is 0.490 e. The zero-order chi connectivity index (χ0) is 26.9. The Morgan fingerprint density at radius 3 is 2.58 bits per heavy atom. The number of anilines is 1. The molecule has 0 atom stereocenters. The van der Waals surface area contributed by atoms with Crippen LogP contribution in [0.4, 0.5) is 11.4 Å². The van der Waals surface area contributed by atoms with Crippen molar-refractivity contribution in [1.29, 1.82) is 0 Å². The molecular weight excluding hydrogens is 552 g/mol. The van der Waals surface area contributed by atoms with E-state index in [1.54, 1.807) is 24.3 Å². The van der Waals surface area contributed by atoms with Gasteiger partial charge < -0.3 is 14.8 Å². The van der Waals surface area contributed by atoms with Crippen LogP contribution < -0.4 is 20.2 Å². The molecule has 1 amide bonds. The number of nitrogens with zero attached hydrogens (tertiary/aromatic N) is 2. The van der Waals surface area contributed by atoms with Crippen molar-refractivity contribution in [1.82, 2.24) is 5.43 Å². The van der Waals surface area contributed by atoms with Crippen molar-refractivity contribution in [3.8, 4) is 11.5 Å². The molecule has 4 aromatic rings. The lowest BCUT2D eigenvalue weighted by Gasteiger charge is -2.14. The van der Waals surface area contributed by atoms with Gasteiger partial charge in [-0.1, -0.05) is 36.4 Å². The smallest absolute Gasteiger partial charge is 0.269 e. The summed E-state index contributed by atoms with van der Waals surface area (Å²) in [5, 5.41) is 20.2. The molecule has 4 rings (SSSR count). The van der Waals surface area contributed by atoms with Crippen molar-refractivity contribution < 1.29 is 19.2 Å². The molecule has 0 unspecified atom stereocenters. The Morgan fingerprint density at radius 2 is 1.82 bits per heavy atom. The van der Waals surface area contributed by atoms with Gasteiger partial charge >= 0.3 is 0 Å². The van der Waals surface area contributed by atoms with Crippen LogP contribution in [-0.2, 0) is 11.4 Å². The van der Waals surface area contributed by atoms with Gasteiger partial charge in [0.05, 0.1) is 28.8 Å². The third kappa shape index (κ3) is 6.86. The van der Waals surface area contributed by atoms with Gasteiger partial charge in [-0.15, -0.1) is 0 Å². The van der Waals surface area contributed by atoms with Crippen molar-refractivity contribution >= 4 is 50.2 Å². The summed E-state index contributed by atoms with van der Waals surface area (Å²) >= 11 is 3.51. The first-order chi connectivity index (χ1) is 18.4. The number of fused-ring (bicyclic) bond motifs is 1. The number of nitro groups is 1. The number of nitrogens with one attached hydrogen (secondary N) is 2. The fourth-order valence-corrected chi connectivity index (χ4v) is 4.28. The average molecular weight is 577 g/mol. The summed E-state index contributed by atoms with van der Waals surface area (Å²) in [4.78, 5) is 22.7. The molecule has 4 aromatic carbocycles. The molecule has 194 valence electrons. The molecule has 0 saturated heterocycles. The Hall–Kier alpha value is -4.44. The summed E-state index contributed by atoms with van der Waals surface area (Å²) < 4.78 is 12.3. The zero-order valence-corrected chi connectivity index (χ0v) is 22.1. The Labute approximate surface area is 227 Å². The van der Waals surface area contributed by atoms with Gasteiger partial charge in [-0.05, 0) is 69.7 Å². The number of hydrogen-bond acceptors (Lipinski definition) is 7. The SMILES string of the molecule is CCOc1cc(/C=N\NC(=O)CNc2cccc3ccccc23)cc(Br)c1OCc1ccc([N+](=O)[O-])cc1. The van der Waals surface area contributed by atoms with Crippen molar-refractivity contribution in [3.05, 3.63) is 105 Å². The molecule has 2 N–H and O–H groups in total. The number of nitro benzene ring substituents is 1. The van der Waals surface area contributed by atoms with Gasteiger partial charge in [0.1, 0.15) is 6.61 Å². The third-order valence-electron chi connectivity index (χ3n) is 5.49. The number of carbonyl (C=O) groups excluding carboxylic acids is 1. The minimum atomic E-state index is -0.446. The van der Waals surface area contributed by atoms with Crippen LogP contribution in [-0.4, -0.2) is 30.2 Å². The molecule has 0 aromatic heterocycles. The van der Waals surface area contributed by atoms with Gasteiger partial charge in [0, 0.05) is 23.2 Å². The van der Waals surface area contributed by atoms with Gasteiger partial charge in [-0.25, -0.2) is 5.43 Å². The second-order valence-corrected chi connectivity index (χ2v) is 9.00. The number of benzene rings is 4. The summed E-state index contributed by atoms with van der Waals surface area (Å²) in [6, 6.07) is 23.5. The predicted molar refractivity (Wildman–Crippen MR) is 151 cm³/mol. The zero-order valence-electron chi connectivity index (χ0n) is 20.5. The monoisotopic (exact) mass is 576 g/mol. The summed E-state index contributed by atoms with van der Waals surface area (Å²) in [7, 11) is 0. The van der Waals surface area contributed by atoms with Crippen LogP contribution in [0.25, 0.3) is 10.8 Å². The highest BCUT2D eigenvalue weighted by Crippen LogP contribution is 2.37. The fraction of sp³-hybridized carbons (Fsp3) is 0.143. The first-order valence-electron chi connectivity index (χ1n) is 11.8. The second-order valence-electron chi connectivity index (χ2n) is 8.15. The van der Waals surface area contributed by atoms with Crippen molar-refractivity contribution in [2.45, 2.75) is 13.5 Å². The van der Waals surface area contributed by atoms with E-state index in [4.69, 9.17) is 9.47 Å². The lowest BCUT2D eigenvalue weighted by molar-refractivity contribution is -0.384. The molecule has 0 radical (unpaired) electrons. The molecule has 0 spiro atoms. The maximum atomic E-state index is 12.3. The van der Waals surface area contributed by atoms with Crippen molar-refractivity contribution in [3.63, 3.8) is 0 Å². The highest BCUT2D eigenvalue weighted by atomic mass is 79.9. The molecule has 0 aliphatic rings. The number of non-ortho nitro benzene ring substituents is 1. The minimum Gasteiger partial charge on any atom is -0.490 e. The molecule has 9 nitrogen and oxygen atoms in total. The van der Waals surface area contributed by atoms with Crippen LogP contribution in [0.1, 0.15) is 18.1 Å². The number of rotatable bonds is 11. The quantitative estimate of drug-likeness (QED) is 0.127. The second kappa shape index (κ2) is 12.7. The van der Waals surface area contributed by atoms with E-state index in [-0.39, 0.29) is 24.7 Å². The van der Waals surface area contributed by atoms with Gasteiger partial charge in [-0.2, -0.15) is 5.10 Å². The molecule has 10 heteroatoms. The fourth-order valence-electron chi connectivity index (χ4n) is 3.71. The maximum absolute atomic E-state index is 12.3. The Bertz CT molecular complexity index is 1470. The topological polar surface area (TPSA) is 115 Å². The first-order valence-corrected chi connectivity index (χ1v) is 12.6. The first kappa shape index (κ1) is 26.6. The molecule has 0 bridgehead atoms. The molecule has 38 heavy (non-hydrogen) atoms. The van der Waals surface area contributed by atoms with Crippen LogP contribution >= 0.6 is 15.9 Å². The van der Waals surface area contributed by atoms with Gasteiger partial charge in [0.2, 0.25) is 0 Å². The summed E-state index contributed by atoms with van der Waals surface area (Å²) in [6.45, 7) is 2.54. The normalized spacial score (nSPS) is 10.9. The Kier molecular flexibility index (Phi) is 8.89. The highest BCUT2D eigenvalue weighted by Gasteiger charge is 2.13. The molecule has 0 aliphatic heterocycles. The number of carbonyl (C=O) groups is 1. The number of halogens is 1. The maximum Gasteiger partial charge on any atom is 0.269 e. The molecular formula is C28H25BrN4O5. The number of hydrazone groups is 1. The van der Waals surface area contributed by atoms with E-state index in [9.17, 15) is 14.9 Å². The number of amides is 1. The van der Waals surface area contributed by atoms with E-state index in [2.05, 4.69) is 31.8 Å². The number of hydrogen-bond donors (Lipinski definition) is 2. The summed E-state index contributed by atoms with van der Waals surface area (Å²) in [5.41, 5.74) is 4.88.